The first-order valence-corrected chi connectivity index (χ1v) is 9.24. The number of rotatable bonds is 8. The summed E-state index contributed by atoms with van der Waals surface area (Å²) in [5, 5.41) is 22.8. The molecule has 1 aliphatic rings. The van der Waals surface area contributed by atoms with Crippen molar-refractivity contribution in [3.8, 4) is 11.5 Å². The van der Waals surface area contributed by atoms with Gasteiger partial charge in [-0.15, -0.1) is 0 Å². The number of carbonyl (C=O) groups is 1. The molecule has 0 fully saturated rings. The van der Waals surface area contributed by atoms with Crippen molar-refractivity contribution in [1.29, 1.82) is 0 Å². The van der Waals surface area contributed by atoms with Gasteiger partial charge in [-0.2, -0.15) is 0 Å². The van der Waals surface area contributed by atoms with Crippen molar-refractivity contribution in [2.45, 2.75) is 25.4 Å². The predicted octanol–water partition coefficient (Wildman–Crippen LogP) is 2.39. The highest BCUT2D eigenvalue weighted by atomic mass is 16.5. The lowest BCUT2D eigenvalue weighted by Crippen LogP contribution is -2.35. The largest absolute Gasteiger partial charge is 0.508 e. The first kappa shape index (κ1) is 19.2. The minimum absolute atomic E-state index is 0.0331. The topological polar surface area (TPSA) is 82.0 Å². The van der Waals surface area contributed by atoms with Crippen LogP contribution in [0.4, 0.5) is 5.69 Å². The molecule has 3 N–H and O–H groups in total. The summed E-state index contributed by atoms with van der Waals surface area (Å²) in [7, 11) is 1.76. The molecule has 3 rings (SSSR count). The number of carbonyl (C=O) groups excluding carboxylic acids is 1. The number of aryl methyl sites for hydroxylation is 1. The van der Waals surface area contributed by atoms with Gasteiger partial charge in [0.2, 0.25) is 0 Å². The third kappa shape index (κ3) is 4.99. The van der Waals surface area contributed by atoms with E-state index in [1.165, 1.54) is 5.56 Å². The predicted molar refractivity (Wildman–Crippen MR) is 104 cm³/mol. The molecule has 0 aliphatic carbocycles. The molecule has 0 saturated carbocycles. The summed E-state index contributed by atoms with van der Waals surface area (Å²) in [5.74, 6) is 0.896. The third-order valence-electron chi connectivity index (χ3n) is 4.77. The molecule has 0 saturated heterocycles. The maximum absolute atomic E-state index is 11.6. The van der Waals surface area contributed by atoms with Crippen LogP contribution in [-0.4, -0.2) is 42.9 Å². The fourth-order valence-corrected chi connectivity index (χ4v) is 3.15. The number of nitrogens with zero attached hydrogens (tertiary/aromatic N) is 1. The van der Waals surface area contributed by atoms with E-state index in [-0.39, 0.29) is 18.3 Å². The van der Waals surface area contributed by atoms with Gasteiger partial charge in [-0.1, -0.05) is 18.2 Å². The number of aromatic hydroxyl groups is 1. The molecule has 1 heterocycles. The standard InChI is InChI=1S/C21H26N2O4/c1-23-18-9-8-15(11-20(18)27-14-21(23)26)5-2-3-10-22-13-19(25)16-6-4-7-17(24)12-16/h4,6-9,11-12,19,22,24-25H,2-3,5,10,13-14H2,1H3. The fraction of sp³-hybridized carbons (Fsp3) is 0.381. The van der Waals surface area contributed by atoms with E-state index < -0.39 is 6.10 Å². The average Bonchev–Trinajstić information content (AvgIpc) is 2.67. The van der Waals surface area contributed by atoms with Crippen molar-refractivity contribution in [3.63, 3.8) is 0 Å². The Morgan fingerprint density at radius 3 is 2.89 bits per heavy atom. The minimum Gasteiger partial charge on any atom is -0.508 e. The van der Waals surface area contributed by atoms with Crippen LogP contribution in [0.5, 0.6) is 11.5 Å². The molecule has 1 amide bonds. The highest BCUT2D eigenvalue weighted by molar-refractivity contribution is 5.97. The van der Waals surface area contributed by atoms with Crippen LogP contribution in [0.1, 0.15) is 30.1 Å². The Balaban J connectivity index is 1.38. The third-order valence-corrected chi connectivity index (χ3v) is 4.77. The number of hydrogen-bond acceptors (Lipinski definition) is 5. The van der Waals surface area contributed by atoms with E-state index in [4.69, 9.17) is 4.74 Å². The number of amides is 1. The molecule has 1 aliphatic heterocycles. The lowest BCUT2D eigenvalue weighted by Gasteiger charge is -2.26. The van der Waals surface area contributed by atoms with Crippen molar-refractivity contribution in [2.24, 2.45) is 0 Å². The first-order chi connectivity index (χ1) is 13.0. The zero-order valence-electron chi connectivity index (χ0n) is 15.5. The van der Waals surface area contributed by atoms with Crippen molar-refractivity contribution in [1.82, 2.24) is 5.32 Å². The van der Waals surface area contributed by atoms with Gasteiger partial charge in [0.25, 0.3) is 5.91 Å². The summed E-state index contributed by atoms with van der Waals surface area (Å²) < 4.78 is 5.52. The second-order valence-corrected chi connectivity index (χ2v) is 6.82. The number of unbranched alkanes of at least 4 members (excludes halogenated alkanes) is 1. The molecule has 0 spiro atoms. The van der Waals surface area contributed by atoms with Crippen molar-refractivity contribution in [2.75, 3.05) is 31.6 Å². The lowest BCUT2D eigenvalue weighted by molar-refractivity contribution is -0.120. The zero-order valence-corrected chi connectivity index (χ0v) is 15.5. The summed E-state index contributed by atoms with van der Waals surface area (Å²) in [4.78, 5) is 13.3. The highest BCUT2D eigenvalue weighted by Crippen LogP contribution is 2.32. The summed E-state index contributed by atoms with van der Waals surface area (Å²) in [6, 6.07) is 12.7. The van der Waals surface area contributed by atoms with Crippen molar-refractivity contribution >= 4 is 11.6 Å². The van der Waals surface area contributed by atoms with Gasteiger partial charge in [-0.25, -0.2) is 0 Å². The van der Waals surface area contributed by atoms with Crippen LogP contribution in [0.3, 0.4) is 0 Å². The first-order valence-electron chi connectivity index (χ1n) is 9.24. The summed E-state index contributed by atoms with van der Waals surface area (Å²) in [5.41, 5.74) is 2.72. The number of hydrogen-bond donors (Lipinski definition) is 3. The molecule has 27 heavy (non-hydrogen) atoms. The van der Waals surface area contributed by atoms with Crippen LogP contribution in [-0.2, 0) is 11.2 Å². The Morgan fingerprint density at radius 1 is 1.22 bits per heavy atom. The second kappa shape index (κ2) is 8.88. The van der Waals surface area contributed by atoms with Gasteiger partial charge in [-0.3, -0.25) is 4.79 Å². The van der Waals surface area contributed by atoms with Crippen LogP contribution < -0.4 is 15.0 Å². The van der Waals surface area contributed by atoms with E-state index >= 15 is 0 Å². The summed E-state index contributed by atoms with van der Waals surface area (Å²) in [6.07, 6.45) is 2.31. The fourth-order valence-electron chi connectivity index (χ4n) is 3.15. The van der Waals surface area contributed by atoms with E-state index in [0.717, 1.165) is 37.2 Å². The highest BCUT2D eigenvalue weighted by Gasteiger charge is 2.21. The van der Waals surface area contributed by atoms with Gasteiger partial charge >= 0.3 is 0 Å². The molecule has 0 bridgehead atoms. The smallest absolute Gasteiger partial charge is 0.264 e. The van der Waals surface area contributed by atoms with Gasteiger partial charge in [0.1, 0.15) is 11.5 Å². The van der Waals surface area contributed by atoms with Gasteiger partial charge in [0, 0.05) is 13.6 Å². The molecule has 6 heteroatoms. The SMILES string of the molecule is CN1C(=O)COc2cc(CCCCNCC(O)c3cccc(O)c3)ccc21. The Labute approximate surface area is 159 Å². The van der Waals surface area contributed by atoms with E-state index in [2.05, 4.69) is 5.32 Å². The average molecular weight is 370 g/mol. The van der Waals surface area contributed by atoms with Crippen LogP contribution >= 0.6 is 0 Å². The van der Waals surface area contributed by atoms with Gasteiger partial charge in [0.05, 0.1) is 11.8 Å². The van der Waals surface area contributed by atoms with E-state index in [0.29, 0.717) is 12.1 Å². The Kier molecular flexibility index (Phi) is 6.32. The van der Waals surface area contributed by atoms with Crippen LogP contribution in [0, 0.1) is 0 Å². The molecule has 144 valence electrons. The molecule has 0 radical (unpaired) electrons. The Morgan fingerprint density at radius 2 is 2.07 bits per heavy atom. The second-order valence-electron chi connectivity index (χ2n) is 6.82. The molecule has 2 aromatic rings. The number of aliphatic hydroxyl groups is 1. The number of anilines is 1. The summed E-state index contributed by atoms with van der Waals surface area (Å²) >= 11 is 0. The minimum atomic E-state index is -0.630. The number of benzene rings is 2. The lowest BCUT2D eigenvalue weighted by atomic mass is 10.1. The maximum Gasteiger partial charge on any atom is 0.264 e. The molecule has 1 atom stereocenters. The van der Waals surface area contributed by atoms with Gasteiger partial charge in [0.15, 0.2) is 6.61 Å². The molecular weight excluding hydrogens is 344 g/mol. The van der Waals surface area contributed by atoms with Gasteiger partial charge < -0.3 is 25.2 Å². The van der Waals surface area contributed by atoms with E-state index in [1.807, 2.05) is 18.2 Å². The van der Waals surface area contributed by atoms with Crippen molar-refractivity contribution in [3.05, 3.63) is 53.6 Å². The van der Waals surface area contributed by atoms with E-state index in [9.17, 15) is 15.0 Å². The number of ether oxygens (including phenoxy) is 1. The zero-order chi connectivity index (χ0) is 19.2. The summed E-state index contributed by atoms with van der Waals surface area (Å²) in [6.45, 7) is 1.36. The number of fused-ring (bicyclic) bond motifs is 1. The molecule has 1 unspecified atom stereocenters. The number of phenolic OH excluding ortho intramolecular Hbond substituents is 1. The van der Waals surface area contributed by atoms with Crippen LogP contribution in [0.15, 0.2) is 42.5 Å². The molecule has 0 aromatic heterocycles. The number of nitrogens with one attached hydrogen (secondary N) is 1. The Hall–Kier alpha value is -2.57. The number of phenols is 1. The van der Waals surface area contributed by atoms with Crippen LogP contribution in [0.25, 0.3) is 0 Å². The normalized spacial score (nSPS) is 14.6. The van der Waals surface area contributed by atoms with Crippen LogP contribution in [0.2, 0.25) is 0 Å². The quantitative estimate of drug-likeness (QED) is 0.622. The molecule has 2 aromatic carbocycles. The molecule has 6 nitrogen and oxygen atoms in total. The maximum atomic E-state index is 11.6. The molecular formula is C21H26N2O4. The Bertz CT molecular complexity index is 794. The van der Waals surface area contributed by atoms with Crippen molar-refractivity contribution < 1.29 is 19.7 Å². The van der Waals surface area contributed by atoms with Gasteiger partial charge in [-0.05, 0) is 61.2 Å². The number of aliphatic hydroxyl groups excluding tert-OH is 1. The van der Waals surface area contributed by atoms with E-state index in [1.54, 1.807) is 36.2 Å². The monoisotopic (exact) mass is 370 g/mol. The number of likely N-dealkylation sites (N-methyl/N-ethyl adjacent to an activating group) is 1.